The molecule has 1 fully saturated rings. The Balaban J connectivity index is 2.09. The first-order valence-electron chi connectivity index (χ1n) is 5.77. The lowest BCUT2D eigenvalue weighted by molar-refractivity contribution is 0.340. The summed E-state index contributed by atoms with van der Waals surface area (Å²) in [5.74, 6) is 1.70. The van der Waals surface area contributed by atoms with E-state index in [0.29, 0.717) is 6.04 Å². The standard InChI is InChI=1S/C13H19NO/c1-3-15-12-6-4-11(5-7-12)13-10(2)8-9-14-13/h4-7,10,13-14H,3,8-9H2,1-2H3/t10-,13-/m1/s1. The van der Waals surface area contributed by atoms with E-state index in [1.807, 2.05) is 6.92 Å². The molecule has 0 amide bonds. The summed E-state index contributed by atoms with van der Waals surface area (Å²) in [7, 11) is 0. The summed E-state index contributed by atoms with van der Waals surface area (Å²) < 4.78 is 5.43. The normalized spacial score (nSPS) is 25.5. The van der Waals surface area contributed by atoms with Crippen LogP contribution in [-0.4, -0.2) is 13.2 Å². The third-order valence-electron chi connectivity index (χ3n) is 3.08. The van der Waals surface area contributed by atoms with Crippen molar-refractivity contribution >= 4 is 0 Å². The molecule has 1 aromatic carbocycles. The second-order valence-electron chi connectivity index (χ2n) is 4.20. The molecule has 1 aromatic rings. The predicted octanol–water partition coefficient (Wildman–Crippen LogP) is 2.76. The van der Waals surface area contributed by atoms with E-state index in [4.69, 9.17) is 4.74 Å². The maximum absolute atomic E-state index is 5.43. The van der Waals surface area contributed by atoms with Gasteiger partial charge in [-0.1, -0.05) is 19.1 Å². The Morgan fingerprint density at radius 3 is 2.60 bits per heavy atom. The van der Waals surface area contributed by atoms with E-state index in [9.17, 15) is 0 Å². The van der Waals surface area contributed by atoms with Crippen molar-refractivity contribution in [1.29, 1.82) is 0 Å². The van der Waals surface area contributed by atoms with Crippen molar-refractivity contribution in [2.24, 2.45) is 5.92 Å². The van der Waals surface area contributed by atoms with E-state index in [1.54, 1.807) is 0 Å². The first kappa shape index (κ1) is 10.5. The zero-order chi connectivity index (χ0) is 10.7. The molecule has 2 nitrogen and oxygen atoms in total. The fraction of sp³-hybridized carbons (Fsp3) is 0.538. The van der Waals surface area contributed by atoms with Crippen LogP contribution in [0, 0.1) is 5.92 Å². The summed E-state index contributed by atoms with van der Waals surface area (Å²) in [5.41, 5.74) is 1.38. The molecule has 2 heteroatoms. The van der Waals surface area contributed by atoms with Gasteiger partial charge in [0.25, 0.3) is 0 Å². The molecule has 1 aliphatic rings. The molecule has 0 unspecified atom stereocenters. The van der Waals surface area contributed by atoms with Crippen LogP contribution in [0.4, 0.5) is 0 Å². The summed E-state index contributed by atoms with van der Waals surface area (Å²) in [4.78, 5) is 0. The molecule has 82 valence electrons. The zero-order valence-corrected chi connectivity index (χ0v) is 9.49. The Bertz CT molecular complexity index is 307. The Hall–Kier alpha value is -1.02. The highest BCUT2D eigenvalue weighted by molar-refractivity contribution is 5.29. The lowest BCUT2D eigenvalue weighted by atomic mass is 9.96. The van der Waals surface area contributed by atoms with Crippen LogP contribution in [0.25, 0.3) is 0 Å². The van der Waals surface area contributed by atoms with Crippen molar-refractivity contribution in [1.82, 2.24) is 5.32 Å². The van der Waals surface area contributed by atoms with Gasteiger partial charge in [0.1, 0.15) is 5.75 Å². The molecule has 2 atom stereocenters. The summed E-state index contributed by atoms with van der Waals surface area (Å²) >= 11 is 0. The molecule has 1 saturated heterocycles. The fourth-order valence-electron chi connectivity index (χ4n) is 2.22. The van der Waals surface area contributed by atoms with Crippen LogP contribution < -0.4 is 10.1 Å². The molecule has 1 aliphatic heterocycles. The average molecular weight is 205 g/mol. The number of nitrogens with one attached hydrogen (secondary N) is 1. The van der Waals surface area contributed by atoms with Gasteiger partial charge >= 0.3 is 0 Å². The van der Waals surface area contributed by atoms with Crippen molar-refractivity contribution in [3.8, 4) is 5.75 Å². The number of hydrogen-bond acceptors (Lipinski definition) is 2. The lowest BCUT2D eigenvalue weighted by Gasteiger charge is -2.16. The van der Waals surface area contributed by atoms with E-state index in [2.05, 4.69) is 36.5 Å². The van der Waals surface area contributed by atoms with Crippen LogP contribution in [-0.2, 0) is 0 Å². The quantitative estimate of drug-likeness (QED) is 0.819. The van der Waals surface area contributed by atoms with Crippen molar-refractivity contribution in [3.63, 3.8) is 0 Å². The number of rotatable bonds is 3. The van der Waals surface area contributed by atoms with Gasteiger partial charge in [0, 0.05) is 6.04 Å². The molecule has 1 N–H and O–H groups in total. The van der Waals surface area contributed by atoms with Gasteiger partial charge in [-0.05, 0) is 43.5 Å². The maximum Gasteiger partial charge on any atom is 0.119 e. The number of hydrogen-bond donors (Lipinski definition) is 1. The third kappa shape index (κ3) is 2.32. The molecule has 0 aromatic heterocycles. The van der Waals surface area contributed by atoms with Crippen molar-refractivity contribution in [2.75, 3.05) is 13.2 Å². The Morgan fingerprint density at radius 2 is 2.07 bits per heavy atom. The van der Waals surface area contributed by atoms with Crippen molar-refractivity contribution in [2.45, 2.75) is 26.3 Å². The van der Waals surface area contributed by atoms with Gasteiger partial charge < -0.3 is 10.1 Å². The van der Waals surface area contributed by atoms with Gasteiger partial charge in [0.15, 0.2) is 0 Å². The first-order chi connectivity index (χ1) is 7.31. The minimum Gasteiger partial charge on any atom is -0.494 e. The van der Waals surface area contributed by atoms with Gasteiger partial charge in [0.05, 0.1) is 6.61 Å². The van der Waals surface area contributed by atoms with E-state index in [1.165, 1.54) is 12.0 Å². The molecule has 0 saturated carbocycles. The zero-order valence-electron chi connectivity index (χ0n) is 9.49. The van der Waals surface area contributed by atoms with Crippen LogP contribution in [0.5, 0.6) is 5.75 Å². The van der Waals surface area contributed by atoms with Gasteiger partial charge in [0.2, 0.25) is 0 Å². The van der Waals surface area contributed by atoms with Crippen LogP contribution >= 0.6 is 0 Å². The second kappa shape index (κ2) is 4.67. The average Bonchev–Trinajstić information content (AvgIpc) is 2.66. The highest BCUT2D eigenvalue weighted by Gasteiger charge is 2.23. The maximum atomic E-state index is 5.43. The lowest BCUT2D eigenvalue weighted by Crippen LogP contribution is -2.16. The minimum absolute atomic E-state index is 0.528. The molecular formula is C13H19NO. The third-order valence-corrected chi connectivity index (χ3v) is 3.08. The van der Waals surface area contributed by atoms with Gasteiger partial charge in [-0.3, -0.25) is 0 Å². The van der Waals surface area contributed by atoms with Gasteiger partial charge in [-0.25, -0.2) is 0 Å². The minimum atomic E-state index is 0.528. The predicted molar refractivity (Wildman–Crippen MR) is 62.1 cm³/mol. The summed E-state index contributed by atoms with van der Waals surface area (Å²) in [6.07, 6.45) is 1.28. The molecule has 0 spiro atoms. The molecule has 1 heterocycles. The van der Waals surface area contributed by atoms with Gasteiger partial charge in [-0.2, -0.15) is 0 Å². The molecular weight excluding hydrogens is 186 g/mol. The molecule has 2 rings (SSSR count). The van der Waals surface area contributed by atoms with Crippen LogP contribution in [0.3, 0.4) is 0 Å². The highest BCUT2D eigenvalue weighted by Crippen LogP contribution is 2.29. The first-order valence-corrected chi connectivity index (χ1v) is 5.77. The van der Waals surface area contributed by atoms with E-state index < -0.39 is 0 Å². The Kier molecular flexibility index (Phi) is 3.27. The van der Waals surface area contributed by atoms with E-state index >= 15 is 0 Å². The number of benzene rings is 1. The molecule has 0 aliphatic carbocycles. The van der Waals surface area contributed by atoms with Crippen molar-refractivity contribution < 1.29 is 4.74 Å². The summed E-state index contributed by atoms with van der Waals surface area (Å²) in [6.45, 7) is 6.19. The molecule has 0 radical (unpaired) electrons. The second-order valence-corrected chi connectivity index (χ2v) is 4.20. The smallest absolute Gasteiger partial charge is 0.119 e. The Morgan fingerprint density at radius 1 is 1.33 bits per heavy atom. The Labute approximate surface area is 91.6 Å². The van der Waals surface area contributed by atoms with Crippen LogP contribution in [0.2, 0.25) is 0 Å². The number of ether oxygens (including phenoxy) is 1. The largest absolute Gasteiger partial charge is 0.494 e. The van der Waals surface area contributed by atoms with Crippen molar-refractivity contribution in [3.05, 3.63) is 29.8 Å². The van der Waals surface area contributed by atoms with Gasteiger partial charge in [-0.15, -0.1) is 0 Å². The molecule has 15 heavy (non-hydrogen) atoms. The van der Waals surface area contributed by atoms with E-state index in [0.717, 1.165) is 24.8 Å². The fourth-order valence-corrected chi connectivity index (χ4v) is 2.22. The molecule has 0 bridgehead atoms. The van der Waals surface area contributed by atoms with Crippen LogP contribution in [0.1, 0.15) is 31.9 Å². The van der Waals surface area contributed by atoms with E-state index in [-0.39, 0.29) is 0 Å². The SMILES string of the molecule is CCOc1ccc([C@@H]2NCC[C@H]2C)cc1. The highest BCUT2D eigenvalue weighted by atomic mass is 16.5. The summed E-state index contributed by atoms with van der Waals surface area (Å²) in [6, 6.07) is 8.99. The topological polar surface area (TPSA) is 21.3 Å². The monoisotopic (exact) mass is 205 g/mol. The van der Waals surface area contributed by atoms with Crippen LogP contribution in [0.15, 0.2) is 24.3 Å². The summed E-state index contributed by atoms with van der Waals surface area (Å²) in [5, 5.41) is 3.53.